The molecule has 0 fully saturated rings. The molecule has 1 N–H and O–H groups in total. The third-order valence-corrected chi connectivity index (χ3v) is 3.31. The second-order valence-electron chi connectivity index (χ2n) is 5.14. The Kier molecular flexibility index (Phi) is 8.57. The standard InChI is InChI=1S/C15H29N3/c1-3-4-5-6-7-8-9-11-16-12-10-15-13-17-18(2)14-15/h13-14,16H,3-12H2,1-2H3. The van der Waals surface area contributed by atoms with Crippen LogP contribution in [-0.4, -0.2) is 22.9 Å². The Balaban J connectivity index is 1.81. The van der Waals surface area contributed by atoms with Gasteiger partial charge in [0.1, 0.15) is 0 Å². The predicted octanol–water partition coefficient (Wildman–Crippen LogP) is 3.30. The number of hydrogen-bond acceptors (Lipinski definition) is 2. The summed E-state index contributed by atoms with van der Waals surface area (Å²) >= 11 is 0. The Morgan fingerprint density at radius 3 is 2.44 bits per heavy atom. The number of aryl methyl sites for hydroxylation is 1. The molecule has 3 heteroatoms. The molecule has 0 aromatic carbocycles. The fourth-order valence-electron chi connectivity index (χ4n) is 2.17. The highest BCUT2D eigenvalue weighted by atomic mass is 15.2. The first-order valence-corrected chi connectivity index (χ1v) is 7.51. The minimum Gasteiger partial charge on any atom is -0.316 e. The van der Waals surface area contributed by atoms with Gasteiger partial charge in [-0.25, -0.2) is 0 Å². The van der Waals surface area contributed by atoms with Crippen LogP contribution in [0, 0.1) is 0 Å². The third kappa shape index (κ3) is 7.49. The van der Waals surface area contributed by atoms with Gasteiger partial charge in [-0.15, -0.1) is 0 Å². The van der Waals surface area contributed by atoms with Gasteiger partial charge in [-0.2, -0.15) is 5.10 Å². The van der Waals surface area contributed by atoms with Gasteiger partial charge < -0.3 is 5.32 Å². The summed E-state index contributed by atoms with van der Waals surface area (Å²) in [5, 5.41) is 7.68. The van der Waals surface area contributed by atoms with E-state index in [0.29, 0.717) is 0 Å². The molecule has 0 atom stereocenters. The van der Waals surface area contributed by atoms with E-state index in [1.165, 1.54) is 50.5 Å². The second-order valence-corrected chi connectivity index (χ2v) is 5.14. The molecule has 0 aliphatic heterocycles. The molecule has 1 heterocycles. The summed E-state index contributed by atoms with van der Waals surface area (Å²) in [4.78, 5) is 0. The molecule has 0 spiro atoms. The first-order valence-electron chi connectivity index (χ1n) is 7.51. The molecule has 0 radical (unpaired) electrons. The number of rotatable bonds is 11. The average Bonchev–Trinajstić information content (AvgIpc) is 2.77. The van der Waals surface area contributed by atoms with Crippen LogP contribution in [0.25, 0.3) is 0 Å². The number of unbranched alkanes of at least 4 members (excludes halogenated alkanes) is 6. The molecule has 1 aromatic rings. The van der Waals surface area contributed by atoms with Crippen molar-refractivity contribution in [3.63, 3.8) is 0 Å². The van der Waals surface area contributed by atoms with Gasteiger partial charge in [0.05, 0.1) is 6.20 Å². The molecule has 0 saturated carbocycles. The van der Waals surface area contributed by atoms with E-state index in [4.69, 9.17) is 0 Å². The summed E-state index contributed by atoms with van der Waals surface area (Å²) < 4.78 is 1.87. The lowest BCUT2D eigenvalue weighted by Gasteiger charge is -2.04. The Bertz CT molecular complexity index is 294. The fourth-order valence-corrected chi connectivity index (χ4v) is 2.17. The van der Waals surface area contributed by atoms with Crippen molar-refractivity contribution in [3.8, 4) is 0 Å². The van der Waals surface area contributed by atoms with Crippen molar-refractivity contribution in [3.05, 3.63) is 18.0 Å². The summed E-state index contributed by atoms with van der Waals surface area (Å²) in [7, 11) is 1.97. The summed E-state index contributed by atoms with van der Waals surface area (Å²) in [6.45, 7) is 4.50. The van der Waals surface area contributed by atoms with Crippen molar-refractivity contribution < 1.29 is 0 Å². The molecular formula is C15H29N3. The zero-order valence-electron chi connectivity index (χ0n) is 12.1. The molecule has 1 aromatic heterocycles. The van der Waals surface area contributed by atoms with E-state index >= 15 is 0 Å². The van der Waals surface area contributed by atoms with E-state index in [2.05, 4.69) is 23.5 Å². The molecule has 0 aliphatic carbocycles. The molecule has 0 bridgehead atoms. The third-order valence-electron chi connectivity index (χ3n) is 3.31. The zero-order valence-corrected chi connectivity index (χ0v) is 12.1. The molecule has 3 nitrogen and oxygen atoms in total. The lowest BCUT2D eigenvalue weighted by molar-refractivity contribution is 0.563. The minimum atomic E-state index is 1.07. The molecular weight excluding hydrogens is 222 g/mol. The monoisotopic (exact) mass is 251 g/mol. The normalized spacial score (nSPS) is 11.0. The summed E-state index contributed by atoms with van der Waals surface area (Å²) in [5.74, 6) is 0. The fraction of sp³-hybridized carbons (Fsp3) is 0.800. The van der Waals surface area contributed by atoms with Crippen LogP contribution in [0.15, 0.2) is 12.4 Å². The van der Waals surface area contributed by atoms with Crippen LogP contribution in [0.3, 0.4) is 0 Å². The molecule has 0 unspecified atom stereocenters. The maximum Gasteiger partial charge on any atom is 0.0522 e. The predicted molar refractivity (Wildman–Crippen MR) is 77.8 cm³/mol. The number of hydrogen-bond donors (Lipinski definition) is 1. The maximum atomic E-state index is 4.17. The smallest absolute Gasteiger partial charge is 0.0522 e. The first kappa shape index (κ1) is 15.2. The lowest BCUT2D eigenvalue weighted by atomic mass is 10.1. The minimum absolute atomic E-state index is 1.07. The molecule has 0 saturated heterocycles. The zero-order chi connectivity index (χ0) is 13.1. The Morgan fingerprint density at radius 2 is 1.78 bits per heavy atom. The SMILES string of the molecule is CCCCCCCCCNCCc1cnn(C)c1. The van der Waals surface area contributed by atoms with Crippen LogP contribution in [-0.2, 0) is 13.5 Å². The number of nitrogens with zero attached hydrogens (tertiary/aromatic N) is 2. The van der Waals surface area contributed by atoms with Crippen LogP contribution in [0.1, 0.15) is 57.4 Å². The van der Waals surface area contributed by atoms with Crippen molar-refractivity contribution in [2.45, 2.75) is 58.3 Å². The van der Waals surface area contributed by atoms with Gasteiger partial charge in [-0.1, -0.05) is 45.4 Å². The highest BCUT2D eigenvalue weighted by molar-refractivity contribution is 5.03. The molecule has 104 valence electrons. The number of aromatic nitrogens is 2. The average molecular weight is 251 g/mol. The summed E-state index contributed by atoms with van der Waals surface area (Å²) in [5.41, 5.74) is 1.32. The van der Waals surface area contributed by atoms with Crippen molar-refractivity contribution in [1.82, 2.24) is 15.1 Å². The van der Waals surface area contributed by atoms with Crippen molar-refractivity contribution in [2.75, 3.05) is 13.1 Å². The lowest BCUT2D eigenvalue weighted by Crippen LogP contribution is -2.18. The van der Waals surface area contributed by atoms with Crippen molar-refractivity contribution >= 4 is 0 Å². The largest absolute Gasteiger partial charge is 0.316 e. The van der Waals surface area contributed by atoms with Gasteiger partial charge in [0.15, 0.2) is 0 Å². The van der Waals surface area contributed by atoms with Crippen LogP contribution in [0.5, 0.6) is 0 Å². The van der Waals surface area contributed by atoms with Gasteiger partial charge in [0.2, 0.25) is 0 Å². The summed E-state index contributed by atoms with van der Waals surface area (Å²) in [6.07, 6.45) is 14.8. The van der Waals surface area contributed by atoms with Gasteiger partial charge >= 0.3 is 0 Å². The summed E-state index contributed by atoms with van der Waals surface area (Å²) in [6, 6.07) is 0. The van der Waals surface area contributed by atoms with E-state index in [1.807, 2.05) is 17.9 Å². The van der Waals surface area contributed by atoms with Crippen LogP contribution < -0.4 is 5.32 Å². The molecule has 1 rings (SSSR count). The van der Waals surface area contributed by atoms with E-state index in [-0.39, 0.29) is 0 Å². The van der Waals surface area contributed by atoms with Gasteiger partial charge in [-0.3, -0.25) is 4.68 Å². The molecule has 0 aliphatic rings. The van der Waals surface area contributed by atoms with Crippen LogP contribution in [0.2, 0.25) is 0 Å². The van der Waals surface area contributed by atoms with Crippen molar-refractivity contribution in [1.29, 1.82) is 0 Å². The second kappa shape index (κ2) is 10.1. The van der Waals surface area contributed by atoms with Crippen LogP contribution in [0.4, 0.5) is 0 Å². The highest BCUT2D eigenvalue weighted by Crippen LogP contribution is 2.06. The van der Waals surface area contributed by atoms with E-state index in [1.54, 1.807) is 0 Å². The van der Waals surface area contributed by atoms with E-state index in [9.17, 15) is 0 Å². The topological polar surface area (TPSA) is 29.9 Å². The van der Waals surface area contributed by atoms with Crippen molar-refractivity contribution in [2.24, 2.45) is 7.05 Å². The van der Waals surface area contributed by atoms with Gasteiger partial charge in [-0.05, 0) is 31.5 Å². The van der Waals surface area contributed by atoms with E-state index < -0.39 is 0 Å². The maximum absolute atomic E-state index is 4.17. The highest BCUT2D eigenvalue weighted by Gasteiger charge is 1.95. The Hall–Kier alpha value is -0.830. The van der Waals surface area contributed by atoms with Gasteiger partial charge in [0, 0.05) is 13.2 Å². The van der Waals surface area contributed by atoms with Gasteiger partial charge in [0.25, 0.3) is 0 Å². The quantitative estimate of drug-likeness (QED) is 0.612. The Morgan fingerprint density at radius 1 is 1.06 bits per heavy atom. The van der Waals surface area contributed by atoms with Crippen LogP contribution >= 0.6 is 0 Å². The number of nitrogens with one attached hydrogen (secondary N) is 1. The first-order chi connectivity index (χ1) is 8.83. The van der Waals surface area contributed by atoms with E-state index in [0.717, 1.165) is 19.5 Å². The molecule has 18 heavy (non-hydrogen) atoms. The molecule has 0 amide bonds. The Labute approximate surface area is 112 Å².